The Balaban J connectivity index is 2.20. The van der Waals surface area contributed by atoms with Crippen molar-refractivity contribution in [3.05, 3.63) is 22.2 Å². The number of hydrogen-bond donors (Lipinski definition) is 0. The normalized spacial score (nSPS) is 15.0. The molecule has 1 aliphatic carbocycles. The number of benzene rings is 1. The van der Waals surface area contributed by atoms with Crippen LogP contribution in [0.2, 0.25) is 0 Å². The molecule has 0 unspecified atom stereocenters. The molecule has 4 heteroatoms. The largest absolute Gasteiger partial charge is 0.493 e. The van der Waals surface area contributed by atoms with Gasteiger partial charge in [0.05, 0.1) is 13.2 Å². The number of rotatable bonds is 6. The van der Waals surface area contributed by atoms with Gasteiger partial charge in [0.2, 0.25) is 0 Å². The van der Waals surface area contributed by atoms with E-state index in [2.05, 4.69) is 15.9 Å². The van der Waals surface area contributed by atoms with Gasteiger partial charge in [0.25, 0.3) is 0 Å². The molecule has 0 aromatic heterocycles. The van der Waals surface area contributed by atoms with Gasteiger partial charge in [-0.25, -0.2) is 0 Å². The highest BCUT2D eigenvalue weighted by molar-refractivity contribution is 9.10. The summed E-state index contributed by atoms with van der Waals surface area (Å²) in [5.41, 5.74) is 1.08. The Morgan fingerprint density at radius 2 is 2.17 bits per heavy atom. The number of carbonyl (C=O) groups is 1. The monoisotopic (exact) mass is 312 g/mol. The molecule has 0 amide bonds. The van der Waals surface area contributed by atoms with E-state index in [9.17, 15) is 4.79 Å². The van der Waals surface area contributed by atoms with Crippen molar-refractivity contribution in [1.29, 1.82) is 0 Å². The zero-order chi connectivity index (χ0) is 13.0. The summed E-state index contributed by atoms with van der Waals surface area (Å²) in [4.78, 5) is 10.5. The smallest absolute Gasteiger partial charge is 0.161 e. The molecule has 0 bridgehead atoms. The van der Waals surface area contributed by atoms with Crippen molar-refractivity contribution in [1.82, 2.24) is 0 Å². The highest BCUT2D eigenvalue weighted by Crippen LogP contribution is 2.36. The van der Waals surface area contributed by atoms with Gasteiger partial charge >= 0.3 is 0 Å². The third kappa shape index (κ3) is 3.05. The SMILES string of the molecule is COc1cc(Br)c(CCC=O)cc1OC1CCC1. The molecule has 18 heavy (non-hydrogen) atoms. The summed E-state index contributed by atoms with van der Waals surface area (Å²) in [6.07, 6.45) is 5.96. The zero-order valence-corrected chi connectivity index (χ0v) is 12.0. The van der Waals surface area contributed by atoms with E-state index in [1.54, 1.807) is 7.11 Å². The molecule has 0 saturated heterocycles. The predicted octanol–water partition coefficient (Wildman–Crippen LogP) is 3.52. The van der Waals surface area contributed by atoms with Crippen LogP contribution in [-0.4, -0.2) is 19.5 Å². The van der Waals surface area contributed by atoms with Gasteiger partial charge in [-0.3, -0.25) is 0 Å². The lowest BCUT2D eigenvalue weighted by Crippen LogP contribution is -2.24. The minimum atomic E-state index is 0.319. The van der Waals surface area contributed by atoms with Crippen LogP contribution in [0.3, 0.4) is 0 Å². The maximum absolute atomic E-state index is 10.5. The lowest BCUT2D eigenvalue weighted by Gasteiger charge is -2.27. The molecule has 0 spiro atoms. The average molecular weight is 313 g/mol. The van der Waals surface area contributed by atoms with Crippen LogP contribution in [0.15, 0.2) is 16.6 Å². The van der Waals surface area contributed by atoms with Gasteiger partial charge in [-0.15, -0.1) is 0 Å². The highest BCUT2D eigenvalue weighted by Gasteiger charge is 2.21. The lowest BCUT2D eigenvalue weighted by atomic mass is 9.96. The van der Waals surface area contributed by atoms with Gasteiger partial charge in [0.15, 0.2) is 11.5 Å². The third-order valence-corrected chi connectivity index (χ3v) is 3.95. The number of aldehydes is 1. The first-order chi connectivity index (χ1) is 8.74. The van der Waals surface area contributed by atoms with Crippen LogP contribution in [0, 0.1) is 0 Å². The van der Waals surface area contributed by atoms with Crippen molar-refractivity contribution < 1.29 is 14.3 Å². The standard InChI is InChI=1S/C14H17BrO3/c1-17-13-9-12(15)10(4-3-7-16)8-14(13)18-11-5-2-6-11/h7-9,11H,2-6H2,1H3. The van der Waals surface area contributed by atoms with E-state index in [1.165, 1.54) is 6.42 Å². The van der Waals surface area contributed by atoms with E-state index < -0.39 is 0 Å². The first kappa shape index (κ1) is 13.4. The average Bonchev–Trinajstić information content (AvgIpc) is 2.33. The fraction of sp³-hybridized carbons (Fsp3) is 0.500. The summed E-state index contributed by atoms with van der Waals surface area (Å²) in [5, 5.41) is 0. The number of hydrogen-bond acceptors (Lipinski definition) is 3. The summed E-state index contributed by atoms with van der Waals surface area (Å²) in [5.74, 6) is 1.52. The molecule has 1 saturated carbocycles. The summed E-state index contributed by atoms with van der Waals surface area (Å²) >= 11 is 3.50. The van der Waals surface area contributed by atoms with E-state index in [1.807, 2.05) is 12.1 Å². The van der Waals surface area contributed by atoms with Crippen LogP contribution in [0.4, 0.5) is 0 Å². The molecule has 1 aromatic carbocycles. The number of halogens is 1. The Bertz CT molecular complexity index is 427. The van der Waals surface area contributed by atoms with E-state index in [0.717, 1.165) is 47.1 Å². The molecule has 0 heterocycles. The van der Waals surface area contributed by atoms with E-state index in [0.29, 0.717) is 12.5 Å². The van der Waals surface area contributed by atoms with Crippen molar-refractivity contribution >= 4 is 22.2 Å². The van der Waals surface area contributed by atoms with Gasteiger partial charge in [-0.2, -0.15) is 0 Å². The van der Waals surface area contributed by atoms with Crippen molar-refractivity contribution in [3.8, 4) is 11.5 Å². The molecule has 98 valence electrons. The molecular formula is C14H17BrO3. The Morgan fingerprint density at radius 1 is 1.39 bits per heavy atom. The number of carbonyl (C=O) groups excluding carboxylic acids is 1. The first-order valence-electron chi connectivity index (χ1n) is 6.21. The molecular weight excluding hydrogens is 296 g/mol. The quantitative estimate of drug-likeness (QED) is 0.754. The van der Waals surface area contributed by atoms with E-state index in [4.69, 9.17) is 9.47 Å². The summed E-state index contributed by atoms with van der Waals surface area (Å²) < 4.78 is 12.2. The third-order valence-electron chi connectivity index (χ3n) is 3.21. The summed E-state index contributed by atoms with van der Waals surface area (Å²) in [7, 11) is 1.64. The second-order valence-corrected chi connectivity index (χ2v) is 5.32. The van der Waals surface area contributed by atoms with Crippen molar-refractivity contribution in [2.24, 2.45) is 0 Å². The molecule has 1 aromatic rings. The van der Waals surface area contributed by atoms with Crippen molar-refractivity contribution in [2.75, 3.05) is 7.11 Å². The molecule has 0 radical (unpaired) electrons. The summed E-state index contributed by atoms with van der Waals surface area (Å²) in [6.45, 7) is 0. The van der Waals surface area contributed by atoms with Crippen LogP contribution >= 0.6 is 15.9 Å². The lowest BCUT2D eigenvalue weighted by molar-refractivity contribution is -0.107. The minimum Gasteiger partial charge on any atom is -0.493 e. The van der Waals surface area contributed by atoms with Gasteiger partial charge < -0.3 is 14.3 Å². The first-order valence-corrected chi connectivity index (χ1v) is 7.00. The number of ether oxygens (including phenoxy) is 2. The predicted molar refractivity (Wildman–Crippen MR) is 73.3 cm³/mol. The summed E-state index contributed by atoms with van der Waals surface area (Å²) in [6, 6.07) is 3.89. The van der Waals surface area contributed by atoms with E-state index >= 15 is 0 Å². The Hall–Kier alpha value is -1.03. The van der Waals surface area contributed by atoms with Gasteiger partial charge in [0, 0.05) is 10.9 Å². The van der Waals surface area contributed by atoms with Crippen LogP contribution in [0.25, 0.3) is 0 Å². The Kier molecular flexibility index (Phi) is 4.64. The molecule has 1 aliphatic rings. The number of methoxy groups -OCH3 is 1. The van der Waals surface area contributed by atoms with Gasteiger partial charge in [-0.1, -0.05) is 15.9 Å². The second-order valence-electron chi connectivity index (χ2n) is 4.47. The molecule has 3 nitrogen and oxygen atoms in total. The zero-order valence-electron chi connectivity index (χ0n) is 10.4. The second kappa shape index (κ2) is 6.23. The molecule has 2 rings (SSSR count). The molecule has 0 N–H and O–H groups in total. The highest BCUT2D eigenvalue weighted by atomic mass is 79.9. The maximum Gasteiger partial charge on any atom is 0.161 e. The van der Waals surface area contributed by atoms with Crippen molar-refractivity contribution in [2.45, 2.75) is 38.2 Å². The Morgan fingerprint density at radius 3 is 2.72 bits per heavy atom. The molecule has 0 atom stereocenters. The van der Waals surface area contributed by atoms with Crippen LogP contribution in [-0.2, 0) is 11.2 Å². The fourth-order valence-corrected chi connectivity index (χ4v) is 2.42. The van der Waals surface area contributed by atoms with Crippen molar-refractivity contribution in [3.63, 3.8) is 0 Å². The van der Waals surface area contributed by atoms with Gasteiger partial charge in [-0.05, 0) is 43.4 Å². The topological polar surface area (TPSA) is 35.5 Å². The van der Waals surface area contributed by atoms with Crippen LogP contribution in [0.5, 0.6) is 11.5 Å². The Labute approximate surface area is 116 Å². The van der Waals surface area contributed by atoms with Crippen LogP contribution in [0.1, 0.15) is 31.2 Å². The fourth-order valence-electron chi connectivity index (χ4n) is 1.90. The van der Waals surface area contributed by atoms with Crippen LogP contribution < -0.4 is 9.47 Å². The number of aryl methyl sites for hydroxylation is 1. The molecule has 1 fully saturated rings. The minimum absolute atomic E-state index is 0.319. The van der Waals surface area contributed by atoms with Gasteiger partial charge in [0.1, 0.15) is 6.29 Å². The molecule has 0 aliphatic heterocycles. The van der Waals surface area contributed by atoms with E-state index in [-0.39, 0.29) is 0 Å². The maximum atomic E-state index is 10.5.